The van der Waals surface area contributed by atoms with Gasteiger partial charge in [-0.25, -0.2) is 0 Å². The van der Waals surface area contributed by atoms with Gasteiger partial charge in [0.2, 0.25) is 11.9 Å². The number of nitrogens with zero attached hydrogens (tertiary/aromatic N) is 5. The molecule has 2 aliphatic rings. The van der Waals surface area contributed by atoms with Crippen molar-refractivity contribution in [3.8, 4) is 0 Å². The molecule has 29 heavy (non-hydrogen) atoms. The molecule has 5 rings (SSSR count). The number of aromatic nitrogens is 3. The average Bonchev–Trinajstić information content (AvgIpc) is 3.35. The van der Waals surface area contributed by atoms with E-state index in [2.05, 4.69) is 56.9 Å². The summed E-state index contributed by atoms with van der Waals surface area (Å²) < 4.78 is 2.11. The molecule has 0 fully saturated rings. The lowest BCUT2D eigenvalue weighted by Crippen LogP contribution is -2.36. The Morgan fingerprint density at radius 2 is 1.86 bits per heavy atom. The molecule has 6 nitrogen and oxygen atoms in total. The smallest absolute Gasteiger partial charge is 0.237 e. The molecule has 7 heteroatoms. The second kappa shape index (κ2) is 7.55. The molecule has 0 spiro atoms. The highest BCUT2D eigenvalue weighted by atomic mass is 32.2. The van der Waals surface area contributed by atoms with Gasteiger partial charge in [0, 0.05) is 31.0 Å². The number of hydrogen-bond donors (Lipinski definition) is 0. The zero-order chi connectivity index (χ0) is 19.8. The van der Waals surface area contributed by atoms with Crippen LogP contribution in [-0.2, 0) is 17.8 Å². The van der Waals surface area contributed by atoms with Crippen LogP contribution >= 0.6 is 11.8 Å². The molecule has 0 bridgehead atoms. The summed E-state index contributed by atoms with van der Waals surface area (Å²) in [4.78, 5) is 17.0. The summed E-state index contributed by atoms with van der Waals surface area (Å²) >= 11 is 1.48. The van der Waals surface area contributed by atoms with Crippen LogP contribution in [0, 0.1) is 6.92 Å². The Morgan fingerprint density at radius 1 is 1.03 bits per heavy atom. The topological polar surface area (TPSA) is 54.3 Å². The molecule has 0 radical (unpaired) electrons. The van der Waals surface area contributed by atoms with Gasteiger partial charge in [0.1, 0.15) is 0 Å². The van der Waals surface area contributed by atoms with E-state index in [4.69, 9.17) is 0 Å². The van der Waals surface area contributed by atoms with Crippen LogP contribution in [0.3, 0.4) is 0 Å². The molecule has 0 N–H and O–H groups in total. The first kappa shape index (κ1) is 18.2. The Bertz CT molecular complexity index is 1050. The second-order valence-electron chi connectivity index (χ2n) is 7.49. The molecule has 1 amide bonds. The van der Waals surface area contributed by atoms with Crippen molar-refractivity contribution in [3.63, 3.8) is 0 Å². The van der Waals surface area contributed by atoms with E-state index in [-0.39, 0.29) is 5.91 Å². The Morgan fingerprint density at radius 3 is 2.72 bits per heavy atom. The zero-order valence-corrected chi connectivity index (χ0v) is 17.2. The second-order valence-corrected chi connectivity index (χ2v) is 8.43. The standard InChI is InChI=1S/C22H23N5OS/c1-16-8-10-18(11-9-16)25-13-14-27-21(25)23-24-22(27)29-15-20(28)26-12-4-6-17-5-2-3-7-19(17)26/h2-3,5,7-11H,4,6,12-15H2,1H3. The summed E-state index contributed by atoms with van der Waals surface area (Å²) in [5.41, 5.74) is 4.68. The van der Waals surface area contributed by atoms with E-state index in [0.29, 0.717) is 5.75 Å². The highest BCUT2D eigenvalue weighted by molar-refractivity contribution is 7.99. The number of fused-ring (bicyclic) bond motifs is 2. The third-order valence-electron chi connectivity index (χ3n) is 5.57. The first-order chi connectivity index (χ1) is 14.2. The largest absolute Gasteiger partial charge is 0.311 e. The van der Waals surface area contributed by atoms with Gasteiger partial charge in [-0.05, 0) is 43.5 Å². The molecule has 148 valence electrons. The van der Waals surface area contributed by atoms with Crippen LogP contribution in [0.1, 0.15) is 17.5 Å². The fourth-order valence-electron chi connectivity index (χ4n) is 4.05. The predicted molar refractivity (Wildman–Crippen MR) is 116 cm³/mol. The monoisotopic (exact) mass is 405 g/mol. The minimum Gasteiger partial charge on any atom is -0.311 e. The molecule has 0 saturated carbocycles. The van der Waals surface area contributed by atoms with Crippen LogP contribution in [0.5, 0.6) is 0 Å². The summed E-state index contributed by atoms with van der Waals surface area (Å²) in [7, 11) is 0. The molecule has 0 aliphatic carbocycles. The number of para-hydroxylation sites is 1. The number of thioether (sulfide) groups is 1. The lowest BCUT2D eigenvalue weighted by atomic mass is 10.0. The van der Waals surface area contributed by atoms with Crippen molar-refractivity contribution in [1.29, 1.82) is 0 Å². The molecule has 2 aliphatic heterocycles. The summed E-state index contributed by atoms with van der Waals surface area (Å²) in [6.45, 7) is 4.58. The maximum Gasteiger partial charge on any atom is 0.237 e. The van der Waals surface area contributed by atoms with Crippen LogP contribution in [0.2, 0.25) is 0 Å². The minimum atomic E-state index is 0.132. The fraction of sp³-hybridized carbons (Fsp3) is 0.318. The van der Waals surface area contributed by atoms with E-state index >= 15 is 0 Å². The van der Waals surface area contributed by atoms with E-state index in [1.54, 1.807) is 0 Å². The van der Waals surface area contributed by atoms with Gasteiger partial charge in [0.25, 0.3) is 0 Å². The maximum absolute atomic E-state index is 12.9. The predicted octanol–water partition coefficient (Wildman–Crippen LogP) is 3.81. The normalized spacial score (nSPS) is 15.3. The molecule has 0 unspecified atom stereocenters. The Kier molecular flexibility index (Phi) is 4.75. The molecule has 2 aromatic carbocycles. The van der Waals surface area contributed by atoms with Crippen molar-refractivity contribution in [2.45, 2.75) is 31.5 Å². The molecule has 0 atom stereocenters. The van der Waals surface area contributed by atoms with Gasteiger partial charge < -0.3 is 9.80 Å². The highest BCUT2D eigenvalue weighted by Gasteiger charge is 2.27. The summed E-state index contributed by atoms with van der Waals surface area (Å²) in [5.74, 6) is 1.36. The first-order valence-corrected chi connectivity index (χ1v) is 11.0. The van der Waals surface area contributed by atoms with Gasteiger partial charge in [-0.1, -0.05) is 47.7 Å². The number of aryl methyl sites for hydroxylation is 2. The third-order valence-corrected chi connectivity index (χ3v) is 6.52. The number of carbonyl (C=O) groups excluding carboxylic acids is 1. The van der Waals surface area contributed by atoms with Gasteiger partial charge >= 0.3 is 0 Å². The van der Waals surface area contributed by atoms with E-state index in [1.165, 1.54) is 22.9 Å². The number of amides is 1. The third kappa shape index (κ3) is 3.40. The molecule has 0 saturated heterocycles. The van der Waals surface area contributed by atoms with Gasteiger partial charge in [0.05, 0.1) is 5.75 Å². The van der Waals surface area contributed by atoms with Crippen molar-refractivity contribution in [2.24, 2.45) is 0 Å². The molecular weight excluding hydrogens is 382 g/mol. The quantitative estimate of drug-likeness (QED) is 0.618. The molecular formula is C22H23N5OS. The molecule has 3 heterocycles. The SMILES string of the molecule is Cc1ccc(N2CCn3c(SCC(=O)N4CCCc5ccccc54)nnc32)cc1. The van der Waals surface area contributed by atoms with Crippen LogP contribution in [0.15, 0.2) is 53.7 Å². The average molecular weight is 406 g/mol. The number of hydrogen-bond acceptors (Lipinski definition) is 5. The van der Waals surface area contributed by atoms with Crippen LogP contribution < -0.4 is 9.80 Å². The van der Waals surface area contributed by atoms with Crippen molar-refractivity contribution >= 4 is 35.0 Å². The summed E-state index contributed by atoms with van der Waals surface area (Å²) in [5, 5.41) is 9.57. The Balaban J connectivity index is 1.29. The van der Waals surface area contributed by atoms with Gasteiger partial charge in [-0.15, -0.1) is 10.2 Å². The molecule has 3 aromatic rings. The lowest BCUT2D eigenvalue weighted by molar-refractivity contribution is -0.116. The van der Waals surface area contributed by atoms with Gasteiger partial charge in [-0.3, -0.25) is 9.36 Å². The Labute approximate surface area is 174 Å². The lowest BCUT2D eigenvalue weighted by Gasteiger charge is -2.29. The van der Waals surface area contributed by atoms with Crippen molar-refractivity contribution in [2.75, 3.05) is 28.6 Å². The highest BCUT2D eigenvalue weighted by Crippen LogP contribution is 2.33. The summed E-state index contributed by atoms with van der Waals surface area (Å²) in [6, 6.07) is 16.7. The first-order valence-electron chi connectivity index (χ1n) is 9.99. The van der Waals surface area contributed by atoms with Crippen LogP contribution in [-0.4, -0.2) is 39.5 Å². The van der Waals surface area contributed by atoms with Gasteiger partial charge in [-0.2, -0.15) is 0 Å². The Hall–Kier alpha value is -2.80. The molecule has 1 aromatic heterocycles. The van der Waals surface area contributed by atoms with E-state index in [0.717, 1.165) is 55.0 Å². The fourth-order valence-corrected chi connectivity index (χ4v) is 4.89. The number of anilines is 3. The van der Waals surface area contributed by atoms with Crippen molar-refractivity contribution in [1.82, 2.24) is 14.8 Å². The number of benzene rings is 2. The zero-order valence-electron chi connectivity index (χ0n) is 16.4. The maximum atomic E-state index is 12.9. The number of rotatable bonds is 4. The van der Waals surface area contributed by atoms with Crippen molar-refractivity contribution < 1.29 is 4.79 Å². The van der Waals surface area contributed by atoms with Crippen LogP contribution in [0.25, 0.3) is 0 Å². The van der Waals surface area contributed by atoms with E-state index < -0.39 is 0 Å². The number of carbonyl (C=O) groups is 1. The van der Waals surface area contributed by atoms with Crippen LogP contribution in [0.4, 0.5) is 17.3 Å². The minimum absolute atomic E-state index is 0.132. The summed E-state index contributed by atoms with van der Waals surface area (Å²) in [6.07, 6.45) is 2.05. The van der Waals surface area contributed by atoms with E-state index in [1.807, 2.05) is 23.1 Å². The van der Waals surface area contributed by atoms with E-state index in [9.17, 15) is 4.79 Å². The van der Waals surface area contributed by atoms with Crippen molar-refractivity contribution in [3.05, 3.63) is 59.7 Å². The van der Waals surface area contributed by atoms with Gasteiger partial charge in [0.15, 0.2) is 5.16 Å².